The zero-order valence-corrected chi connectivity index (χ0v) is 13.4. The maximum absolute atomic E-state index is 10.4. The molecule has 0 rings (SSSR count). The molecule has 2 atom stereocenters. The summed E-state index contributed by atoms with van der Waals surface area (Å²) in [6, 6.07) is 0. The minimum atomic E-state index is -1.17. The van der Waals surface area contributed by atoms with Crippen LogP contribution in [0.4, 0.5) is 0 Å². The van der Waals surface area contributed by atoms with Crippen molar-refractivity contribution in [2.45, 2.75) is 97.0 Å². The molecule has 0 unspecified atom stereocenters. The SMILES string of the molecule is CC[C@H](C)CCCCCCCCCCC[C@@H](O)C(=O)O. The molecule has 3 nitrogen and oxygen atoms in total. The molecule has 0 aromatic carbocycles. The summed E-state index contributed by atoms with van der Waals surface area (Å²) in [4.78, 5) is 10.4. The monoisotopic (exact) mass is 286 g/mol. The number of unbranched alkanes of at least 4 members (excludes halogenated alkanes) is 8. The third-order valence-electron chi connectivity index (χ3n) is 4.16. The van der Waals surface area contributed by atoms with Gasteiger partial charge in [0.15, 0.2) is 6.10 Å². The second kappa shape index (κ2) is 13.4. The van der Waals surface area contributed by atoms with Gasteiger partial charge in [0, 0.05) is 0 Å². The summed E-state index contributed by atoms with van der Waals surface area (Å²) >= 11 is 0. The Hall–Kier alpha value is -0.570. The van der Waals surface area contributed by atoms with Crippen LogP contribution in [0.2, 0.25) is 0 Å². The first kappa shape index (κ1) is 19.4. The average Bonchev–Trinajstić information content (AvgIpc) is 2.43. The van der Waals surface area contributed by atoms with Gasteiger partial charge in [0.2, 0.25) is 0 Å². The highest BCUT2D eigenvalue weighted by Crippen LogP contribution is 2.15. The van der Waals surface area contributed by atoms with Crippen LogP contribution in [-0.2, 0) is 4.79 Å². The van der Waals surface area contributed by atoms with Gasteiger partial charge in [0.05, 0.1) is 0 Å². The van der Waals surface area contributed by atoms with E-state index in [4.69, 9.17) is 10.2 Å². The smallest absolute Gasteiger partial charge is 0.332 e. The Morgan fingerprint density at radius 3 is 1.65 bits per heavy atom. The highest BCUT2D eigenvalue weighted by molar-refractivity contribution is 5.71. The number of carbonyl (C=O) groups is 1. The van der Waals surface area contributed by atoms with Gasteiger partial charge in [0.25, 0.3) is 0 Å². The summed E-state index contributed by atoms with van der Waals surface area (Å²) in [5, 5.41) is 17.6. The minimum absolute atomic E-state index is 0.394. The van der Waals surface area contributed by atoms with Gasteiger partial charge in [-0.2, -0.15) is 0 Å². The molecular formula is C17H34O3. The van der Waals surface area contributed by atoms with E-state index in [0.717, 1.165) is 18.8 Å². The quantitative estimate of drug-likeness (QED) is 0.452. The second-order valence-corrected chi connectivity index (χ2v) is 6.13. The first-order valence-corrected chi connectivity index (χ1v) is 8.48. The Balaban J connectivity index is 3.12. The van der Waals surface area contributed by atoms with Crippen molar-refractivity contribution in [3.63, 3.8) is 0 Å². The number of aliphatic hydroxyl groups excluding tert-OH is 1. The lowest BCUT2D eigenvalue weighted by Gasteiger charge is -2.07. The van der Waals surface area contributed by atoms with E-state index >= 15 is 0 Å². The van der Waals surface area contributed by atoms with Gasteiger partial charge < -0.3 is 10.2 Å². The summed E-state index contributed by atoms with van der Waals surface area (Å²) in [6.07, 6.45) is 12.9. The number of carboxylic acid groups (broad SMARTS) is 1. The van der Waals surface area contributed by atoms with Crippen LogP contribution in [0.15, 0.2) is 0 Å². The number of aliphatic hydroxyl groups is 1. The van der Waals surface area contributed by atoms with Crippen LogP contribution in [0.5, 0.6) is 0 Å². The van der Waals surface area contributed by atoms with Gasteiger partial charge in [-0.25, -0.2) is 4.79 Å². The molecule has 0 aromatic rings. The molecule has 20 heavy (non-hydrogen) atoms. The van der Waals surface area contributed by atoms with Crippen LogP contribution in [0.1, 0.15) is 90.9 Å². The molecule has 0 aromatic heterocycles. The predicted molar refractivity (Wildman–Crippen MR) is 83.9 cm³/mol. The molecule has 0 saturated carbocycles. The van der Waals surface area contributed by atoms with Crippen molar-refractivity contribution in [3.8, 4) is 0 Å². The first-order valence-electron chi connectivity index (χ1n) is 8.48. The third kappa shape index (κ3) is 12.5. The molecule has 0 bridgehead atoms. The average molecular weight is 286 g/mol. The normalized spacial score (nSPS) is 14.2. The predicted octanol–water partition coefficient (Wildman–Crippen LogP) is 4.77. The number of aliphatic carboxylic acids is 1. The molecular weight excluding hydrogens is 252 g/mol. The molecule has 0 heterocycles. The van der Waals surface area contributed by atoms with E-state index in [2.05, 4.69) is 13.8 Å². The molecule has 0 aliphatic carbocycles. The maximum Gasteiger partial charge on any atom is 0.332 e. The Kier molecular flexibility index (Phi) is 13.0. The van der Waals surface area contributed by atoms with Crippen LogP contribution in [-0.4, -0.2) is 22.3 Å². The van der Waals surface area contributed by atoms with E-state index in [9.17, 15) is 4.79 Å². The van der Waals surface area contributed by atoms with Gasteiger partial charge in [-0.3, -0.25) is 0 Å². The number of hydrogen-bond donors (Lipinski definition) is 2. The summed E-state index contributed by atoms with van der Waals surface area (Å²) in [6.45, 7) is 4.60. The molecule has 0 spiro atoms. The van der Waals surface area contributed by atoms with E-state index in [1.165, 1.54) is 57.8 Å². The van der Waals surface area contributed by atoms with Crippen molar-refractivity contribution >= 4 is 5.97 Å². The van der Waals surface area contributed by atoms with Crippen molar-refractivity contribution in [2.75, 3.05) is 0 Å². The summed E-state index contributed by atoms with van der Waals surface area (Å²) in [5.74, 6) is -0.210. The molecule has 0 saturated heterocycles. The fourth-order valence-corrected chi connectivity index (χ4v) is 2.40. The zero-order chi connectivity index (χ0) is 15.2. The van der Waals surface area contributed by atoms with Crippen LogP contribution >= 0.6 is 0 Å². The molecule has 2 N–H and O–H groups in total. The van der Waals surface area contributed by atoms with E-state index in [0.29, 0.717) is 6.42 Å². The topological polar surface area (TPSA) is 57.5 Å². The Bertz CT molecular complexity index is 228. The highest BCUT2D eigenvalue weighted by Gasteiger charge is 2.11. The van der Waals surface area contributed by atoms with Crippen LogP contribution in [0.25, 0.3) is 0 Å². The Morgan fingerprint density at radius 2 is 1.25 bits per heavy atom. The van der Waals surface area contributed by atoms with Crippen LogP contribution in [0, 0.1) is 5.92 Å². The van der Waals surface area contributed by atoms with Gasteiger partial charge in [-0.15, -0.1) is 0 Å². The van der Waals surface area contributed by atoms with Gasteiger partial charge in [-0.05, 0) is 12.3 Å². The molecule has 0 aliphatic rings. The number of hydrogen-bond acceptors (Lipinski definition) is 2. The van der Waals surface area contributed by atoms with Crippen LogP contribution in [0.3, 0.4) is 0 Å². The van der Waals surface area contributed by atoms with Gasteiger partial charge in [-0.1, -0.05) is 84.5 Å². The molecule has 3 heteroatoms. The highest BCUT2D eigenvalue weighted by atomic mass is 16.4. The molecule has 0 amide bonds. The molecule has 0 fully saturated rings. The fraction of sp³-hybridized carbons (Fsp3) is 0.941. The summed E-state index contributed by atoms with van der Waals surface area (Å²) in [7, 11) is 0. The maximum atomic E-state index is 10.4. The Morgan fingerprint density at radius 1 is 0.850 bits per heavy atom. The molecule has 120 valence electrons. The third-order valence-corrected chi connectivity index (χ3v) is 4.16. The number of rotatable bonds is 14. The first-order chi connectivity index (χ1) is 9.57. The lowest BCUT2D eigenvalue weighted by Crippen LogP contribution is -2.18. The summed E-state index contributed by atoms with van der Waals surface area (Å²) < 4.78 is 0. The van der Waals surface area contributed by atoms with Gasteiger partial charge in [0.1, 0.15) is 0 Å². The van der Waals surface area contributed by atoms with E-state index < -0.39 is 12.1 Å². The fourth-order valence-electron chi connectivity index (χ4n) is 2.40. The second-order valence-electron chi connectivity index (χ2n) is 6.13. The largest absolute Gasteiger partial charge is 0.479 e. The lowest BCUT2D eigenvalue weighted by molar-refractivity contribution is -0.146. The van der Waals surface area contributed by atoms with Crippen molar-refractivity contribution in [3.05, 3.63) is 0 Å². The lowest BCUT2D eigenvalue weighted by atomic mass is 9.99. The van der Waals surface area contributed by atoms with E-state index in [-0.39, 0.29) is 0 Å². The van der Waals surface area contributed by atoms with Crippen molar-refractivity contribution in [2.24, 2.45) is 5.92 Å². The van der Waals surface area contributed by atoms with E-state index in [1.807, 2.05) is 0 Å². The molecule has 0 radical (unpaired) electrons. The zero-order valence-electron chi connectivity index (χ0n) is 13.4. The standard InChI is InChI=1S/C17H34O3/c1-3-15(2)13-11-9-7-5-4-6-8-10-12-14-16(18)17(19)20/h15-16,18H,3-14H2,1-2H3,(H,19,20)/t15-,16+/m0/s1. The van der Waals surface area contributed by atoms with E-state index in [1.54, 1.807) is 0 Å². The van der Waals surface area contributed by atoms with Crippen LogP contribution < -0.4 is 0 Å². The van der Waals surface area contributed by atoms with Crippen molar-refractivity contribution in [1.29, 1.82) is 0 Å². The molecule has 0 aliphatic heterocycles. The van der Waals surface area contributed by atoms with Crippen molar-refractivity contribution < 1.29 is 15.0 Å². The Labute approximate surface area is 124 Å². The minimum Gasteiger partial charge on any atom is -0.479 e. The summed E-state index contributed by atoms with van der Waals surface area (Å²) in [5.41, 5.74) is 0. The van der Waals surface area contributed by atoms with Gasteiger partial charge >= 0.3 is 5.97 Å². The number of carboxylic acids is 1. The van der Waals surface area contributed by atoms with Crippen molar-refractivity contribution in [1.82, 2.24) is 0 Å².